The standard InChI is InChI=1S/C24H29BrN4OS.C22H23BrN4OS/c1-24(2)16-26-23(31-24)28-11-9-27(10-12-28)14-18(30)15-29-21-6-4-3-5-19(21)20-13-17(25)7-8-22(20)29;23-16-5-6-21-19(13-16)18-3-1-2-4-20(18)27(21)15-17(28)14-25-8-10-26(11-9-25)22-24-7-12-29-22/h3-8,13,18,30H,9-12,14-16H2,1-2H3;1-7,12-13,17,28H,8-11,14-15H2. The van der Waals surface area contributed by atoms with Gasteiger partial charge in [-0.2, -0.15) is 0 Å². The molecule has 2 fully saturated rings. The Hall–Kier alpha value is -3.47. The number of aliphatic hydroxyl groups excluding tert-OH is 2. The van der Waals surface area contributed by atoms with E-state index in [0.29, 0.717) is 26.2 Å². The Morgan fingerprint density at radius 2 is 1.10 bits per heavy atom. The summed E-state index contributed by atoms with van der Waals surface area (Å²) >= 11 is 10.8. The maximum atomic E-state index is 11.0. The van der Waals surface area contributed by atoms with Gasteiger partial charge in [-0.1, -0.05) is 80.0 Å². The van der Waals surface area contributed by atoms with Gasteiger partial charge in [0.25, 0.3) is 0 Å². The number of thioether (sulfide) groups is 1. The van der Waals surface area contributed by atoms with Crippen LogP contribution in [0, 0.1) is 0 Å². The summed E-state index contributed by atoms with van der Waals surface area (Å²) in [6.45, 7) is 15.7. The molecule has 2 atom stereocenters. The molecular weight excluding hydrogens is 921 g/mol. The molecule has 0 aliphatic carbocycles. The molecule has 2 unspecified atom stereocenters. The summed E-state index contributed by atoms with van der Waals surface area (Å²) in [5, 5.41) is 31.1. The van der Waals surface area contributed by atoms with Gasteiger partial charge in [-0.15, -0.1) is 11.3 Å². The van der Waals surface area contributed by atoms with Gasteiger partial charge in [0.15, 0.2) is 10.3 Å². The van der Waals surface area contributed by atoms with Crippen molar-refractivity contribution in [1.29, 1.82) is 0 Å². The van der Waals surface area contributed by atoms with E-state index < -0.39 is 12.2 Å². The molecule has 0 spiro atoms. The lowest BCUT2D eigenvalue weighted by molar-refractivity contribution is 0.0808. The molecule has 3 aromatic heterocycles. The van der Waals surface area contributed by atoms with Crippen LogP contribution >= 0.6 is 55.0 Å². The minimum atomic E-state index is -0.413. The summed E-state index contributed by atoms with van der Waals surface area (Å²) in [5.74, 6) is 0. The van der Waals surface area contributed by atoms with Crippen LogP contribution in [-0.2, 0) is 13.1 Å². The molecule has 0 bridgehead atoms. The van der Waals surface area contributed by atoms with E-state index in [9.17, 15) is 10.2 Å². The van der Waals surface area contributed by atoms with Gasteiger partial charge in [-0.3, -0.25) is 14.8 Å². The second-order valence-electron chi connectivity index (χ2n) is 16.7. The number of aromatic nitrogens is 3. The van der Waals surface area contributed by atoms with E-state index in [1.807, 2.05) is 23.3 Å². The molecule has 4 aromatic carbocycles. The first-order valence-corrected chi connectivity index (χ1v) is 24.1. The Morgan fingerprint density at radius 3 is 1.57 bits per heavy atom. The summed E-state index contributed by atoms with van der Waals surface area (Å²) in [6.07, 6.45) is 1.04. The minimum Gasteiger partial charge on any atom is -0.390 e. The zero-order valence-electron chi connectivity index (χ0n) is 34.1. The average molecular weight is 973 g/mol. The lowest BCUT2D eigenvalue weighted by Gasteiger charge is -2.36. The first-order valence-electron chi connectivity index (χ1n) is 20.9. The summed E-state index contributed by atoms with van der Waals surface area (Å²) < 4.78 is 6.90. The second kappa shape index (κ2) is 18.1. The third-order valence-electron chi connectivity index (χ3n) is 11.9. The van der Waals surface area contributed by atoms with E-state index in [-0.39, 0.29) is 4.75 Å². The number of thiazole rings is 1. The van der Waals surface area contributed by atoms with Gasteiger partial charge in [-0.05, 0) is 62.4 Å². The van der Waals surface area contributed by atoms with Crippen molar-refractivity contribution in [2.45, 2.75) is 43.9 Å². The van der Waals surface area contributed by atoms with Crippen molar-refractivity contribution < 1.29 is 10.2 Å². The maximum Gasteiger partial charge on any atom is 0.185 e. The van der Waals surface area contributed by atoms with Crippen molar-refractivity contribution in [3.63, 3.8) is 0 Å². The number of halogens is 2. The number of anilines is 1. The predicted molar refractivity (Wildman–Crippen MR) is 259 cm³/mol. The topological polar surface area (TPSA) is 88.5 Å². The van der Waals surface area contributed by atoms with Gasteiger partial charge in [0.05, 0.1) is 31.8 Å². The van der Waals surface area contributed by atoms with Crippen LogP contribution in [0.1, 0.15) is 13.8 Å². The zero-order chi connectivity index (χ0) is 41.4. The lowest BCUT2D eigenvalue weighted by atomic mass is 10.2. The predicted octanol–water partition coefficient (Wildman–Crippen LogP) is 8.61. The van der Waals surface area contributed by atoms with Crippen LogP contribution in [0.3, 0.4) is 0 Å². The maximum absolute atomic E-state index is 11.0. The molecule has 14 heteroatoms. The minimum absolute atomic E-state index is 0.223. The van der Waals surface area contributed by atoms with E-state index in [1.54, 1.807) is 11.3 Å². The number of nitrogens with zero attached hydrogens (tertiary/aromatic N) is 8. The van der Waals surface area contributed by atoms with Crippen LogP contribution in [0.5, 0.6) is 0 Å². The van der Waals surface area contributed by atoms with E-state index in [1.165, 1.54) is 48.8 Å². The summed E-state index contributed by atoms with van der Waals surface area (Å²) in [5.41, 5.74) is 4.70. The largest absolute Gasteiger partial charge is 0.390 e. The summed E-state index contributed by atoms with van der Waals surface area (Å²) in [6, 6.07) is 29.7. The monoisotopic (exact) mass is 970 g/mol. The van der Waals surface area contributed by atoms with Crippen LogP contribution in [0.4, 0.5) is 5.13 Å². The number of aliphatic hydroxyl groups is 2. The molecule has 3 aliphatic heterocycles. The highest BCUT2D eigenvalue weighted by molar-refractivity contribution is 9.10. The molecule has 6 heterocycles. The van der Waals surface area contributed by atoms with Crippen molar-refractivity contribution >= 4 is 109 Å². The molecule has 0 saturated carbocycles. The Bertz CT molecular complexity index is 2610. The van der Waals surface area contributed by atoms with Crippen LogP contribution in [0.15, 0.2) is 110 Å². The fourth-order valence-corrected chi connectivity index (χ4v) is 11.4. The molecule has 2 N–H and O–H groups in total. The fraction of sp³-hybridized carbons (Fsp3) is 0.391. The Kier molecular flexibility index (Phi) is 12.6. The van der Waals surface area contributed by atoms with Crippen molar-refractivity contribution in [2.24, 2.45) is 4.99 Å². The molecule has 0 radical (unpaired) electrons. The molecule has 2 saturated heterocycles. The third kappa shape index (κ3) is 9.17. The number of hydrogen-bond donors (Lipinski definition) is 2. The molecule has 10 rings (SSSR count). The number of para-hydroxylation sites is 2. The molecule has 7 aromatic rings. The normalized spacial score (nSPS) is 18.7. The van der Waals surface area contributed by atoms with Crippen LogP contribution < -0.4 is 4.90 Å². The SMILES string of the molecule is CC1(C)CN=C(N2CCN(CC(O)Cn3c4ccccc4c4cc(Br)ccc43)CC2)S1.OC(CN1CCN(c2nccs2)CC1)Cn1c2ccccc2c2cc(Br)ccc21. The lowest BCUT2D eigenvalue weighted by Crippen LogP contribution is -2.50. The van der Waals surface area contributed by atoms with Gasteiger partial charge in [0.2, 0.25) is 0 Å². The van der Waals surface area contributed by atoms with E-state index >= 15 is 0 Å². The molecule has 3 aliphatic rings. The number of hydrogen-bond acceptors (Lipinski definition) is 10. The van der Waals surface area contributed by atoms with E-state index in [4.69, 9.17) is 4.99 Å². The first-order chi connectivity index (χ1) is 29.1. The van der Waals surface area contributed by atoms with Crippen LogP contribution in [0.2, 0.25) is 0 Å². The molecule has 0 amide bonds. The van der Waals surface area contributed by atoms with E-state index in [0.717, 1.165) is 73.0 Å². The molecular formula is C46H52Br2N8O2S2. The first kappa shape index (κ1) is 41.9. The van der Waals surface area contributed by atoms with Gasteiger partial charge in [-0.25, -0.2) is 4.98 Å². The number of piperazine rings is 2. The van der Waals surface area contributed by atoms with Crippen molar-refractivity contribution in [3.05, 3.63) is 105 Å². The molecule has 314 valence electrons. The van der Waals surface area contributed by atoms with Crippen molar-refractivity contribution in [2.75, 3.05) is 76.9 Å². The molecule has 60 heavy (non-hydrogen) atoms. The highest BCUT2D eigenvalue weighted by Crippen LogP contribution is 2.35. The van der Waals surface area contributed by atoms with Crippen molar-refractivity contribution in [1.82, 2.24) is 28.8 Å². The van der Waals surface area contributed by atoms with Gasteiger partial charge in [0.1, 0.15) is 0 Å². The Labute approximate surface area is 376 Å². The number of rotatable bonds is 9. The highest BCUT2D eigenvalue weighted by atomic mass is 79.9. The van der Waals surface area contributed by atoms with Gasteiger partial charge >= 0.3 is 0 Å². The van der Waals surface area contributed by atoms with Crippen molar-refractivity contribution in [3.8, 4) is 0 Å². The third-order valence-corrected chi connectivity index (χ3v) is 14.9. The summed E-state index contributed by atoms with van der Waals surface area (Å²) in [7, 11) is 0. The van der Waals surface area contributed by atoms with E-state index in [2.05, 4.69) is 164 Å². The number of amidine groups is 1. The number of benzene rings is 4. The number of fused-ring (bicyclic) bond motifs is 6. The Morgan fingerprint density at radius 1 is 0.617 bits per heavy atom. The second-order valence-corrected chi connectivity index (χ2v) is 21.1. The van der Waals surface area contributed by atoms with Gasteiger partial charge in [0, 0.05) is 134 Å². The summed E-state index contributed by atoms with van der Waals surface area (Å²) in [4.78, 5) is 18.6. The number of β-amino-alcohol motifs (C(OH)–C–C–N with tert-alkyl or cyclic N) is 2. The van der Waals surface area contributed by atoms with Gasteiger partial charge < -0.3 is 29.1 Å². The smallest absolute Gasteiger partial charge is 0.185 e. The average Bonchev–Trinajstić information content (AvgIpc) is 4.04. The van der Waals surface area contributed by atoms with Crippen LogP contribution in [-0.4, -0.2) is 133 Å². The number of aliphatic imine (C=N–C) groups is 1. The zero-order valence-corrected chi connectivity index (χ0v) is 38.9. The fourth-order valence-electron chi connectivity index (χ4n) is 8.93. The highest BCUT2D eigenvalue weighted by Gasteiger charge is 2.32. The van der Waals surface area contributed by atoms with Crippen LogP contribution in [0.25, 0.3) is 43.6 Å². The Balaban J connectivity index is 0.000000154. The quantitative estimate of drug-likeness (QED) is 0.149. The molecule has 10 nitrogen and oxygen atoms in total.